The molecule has 5 heteroatoms. The van der Waals surface area contributed by atoms with E-state index < -0.39 is 0 Å². The maximum Gasteiger partial charge on any atom is 0.308 e. The number of oxime groups is 1. The summed E-state index contributed by atoms with van der Waals surface area (Å²) in [7, 11) is 0. The molecule has 0 fully saturated rings. The van der Waals surface area contributed by atoms with E-state index in [4.69, 9.17) is 0 Å². The molecule has 0 atom stereocenters. The van der Waals surface area contributed by atoms with Crippen LogP contribution in [0.1, 0.15) is 6.92 Å². The molecular weight excluding hydrogens is 122 g/mol. The Labute approximate surface area is 51.3 Å². The van der Waals surface area contributed by atoms with Crippen LogP contribution < -0.4 is 4.84 Å². The van der Waals surface area contributed by atoms with Crippen LogP contribution in [0.3, 0.4) is 0 Å². The molecule has 0 radical (unpaired) electrons. The molecule has 1 aromatic heterocycles. The first-order valence-corrected chi connectivity index (χ1v) is 2.35. The molecule has 0 bridgehead atoms. The maximum absolute atomic E-state index is 4.60. The first-order chi connectivity index (χ1) is 4.43. The van der Waals surface area contributed by atoms with Crippen LogP contribution in [0.5, 0.6) is 5.88 Å². The molecule has 1 heterocycles. The molecule has 0 aliphatic carbocycles. The standard InChI is InChI=1S/C4H5N3O2/c1-2-5-9-4-3-8-7-6-4/h2-3H,1H3. The van der Waals surface area contributed by atoms with Crippen molar-refractivity contribution < 1.29 is 9.36 Å². The van der Waals surface area contributed by atoms with Gasteiger partial charge in [-0.3, -0.25) is 0 Å². The van der Waals surface area contributed by atoms with Gasteiger partial charge in [0.1, 0.15) is 0 Å². The summed E-state index contributed by atoms with van der Waals surface area (Å²) < 4.78 is 4.35. The van der Waals surface area contributed by atoms with Gasteiger partial charge in [0.2, 0.25) is 0 Å². The van der Waals surface area contributed by atoms with Crippen LogP contribution in [-0.4, -0.2) is 16.6 Å². The average Bonchev–Trinajstić information content (AvgIpc) is 2.34. The van der Waals surface area contributed by atoms with Gasteiger partial charge < -0.3 is 9.36 Å². The lowest BCUT2D eigenvalue weighted by molar-refractivity contribution is 0.328. The van der Waals surface area contributed by atoms with Gasteiger partial charge in [0, 0.05) is 11.5 Å². The van der Waals surface area contributed by atoms with Gasteiger partial charge in [-0.1, -0.05) is 10.3 Å². The fraction of sp³-hybridized carbons (Fsp3) is 0.250. The van der Waals surface area contributed by atoms with Crippen LogP contribution >= 0.6 is 0 Å². The number of hydrogen-bond acceptors (Lipinski definition) is 5. The van der Waals surface area contributed by atoms with Crippen LogP contribution in [0, 0.1) is 0 Å². The first-order valence-electron chi connectivity index (χ1n) is 2.35. The summed E-state index contributed by atoms with van der Waals surface area (Å²) in [5, 5.41) is 9.98. The van der Waals surface area contributed by atoms with Crippen LogP contribution in [0.4, 0.5) is 0 Å². The van der Waals surface area contributed by atoms with Gasteiger partial charge in [-0.15, -0.1) is 0 Å². The van der Waals surface area contributed by atoms with Gasteiger partial charge in [-0.25, -0.2) is 0 Å². The summed E-state index contributed by atoms with van der Waals surface area (Å²) in [5.41, 5.74) is 0. The normalized spacial score (nSPS) is 10.3. The van der Waals surface area contributed by atoms with Crippen molar-refractivity contribution in [1.82, 2.24) is 10.4 Å². The van der Waals surface area contributed by atoms with Gasteiger partial charge in [0.15, 0.2) is 6.26 Å². The molecule has 1 rings (SSSR count). The zero-order valence-electron chi connectivity index (χ0n) is 4.81. The van der Waals surface area contributed by atoms with E-state index in [2.05, 4.69) is 24.9 Å². The fourth-order valence-electron chi connectivity index (χ4n) is 0.303. The van der Waals surface area contributed by atoms with Crippen LogP contribution in [0.15, 0.2) is 15.9 Å². The zero-order chi connectivity index (χ0) is 6.53. The summed E-state index contributed by atoms with van der Waals surface area (Å²) in [6.07, 6.45) is 2.75. The topological polar surface area (TPSA) is 60.5 Å². The van der Waals surface area contributed by atoms with Gasteiger partial charge in [0.25, 0.3) is 0 Å². The molecule has 1 aromatic rings. The molecule has 0 N–H and O–H groups in total. The minimum atomic E-state index is 0.258. The van der Waals surface area contributed by atoms with Gasteiger partial charge in [0.05, 0.1) is 0 Å². The lowest BCUT2D eigenvalue weighted by Gasteiger charge is -1.83. The van der Waals surface area contributed by atoms with Crippen molar-refractivity contribution in [2.24, 2.45) is 5.16 Å². The molecule has 0 unspecified atom stereocenters. The van der Waals surface area contributed by atoms with Crippen molar-refractivity contribution in [2.45, 2.75) is 6.92 Å². The van der Waals surface area contributed by atoms with E-state index in [9.17, 15) is 0 Å². The minimum absolute atomic E-state index is 0.258. The second kappa shape index (κ2) is 2.81. The smallest absolute Gasteiger partial charge is 0.308 e. The Balaban J connectivity index is 2.48. The van der Waals surface area contributed by atoms with E-state index in [1.54, 1.807) is 6.92 Å². The number of aromatic nitrogens is 2. The molecular formula is C4H5N3O2. The van der Waals surface area contributed by atoms with Crippen LogP contribution in [-0.2, 0) is 0 Å². The van der Waals surface area contributed by atoms with E-state index in [0.717, 1.165) is 0 Å². The molecule has 0 aliphatic rings. The Morgan fingerprint density at radius 3 is 3.33 bits per heavy atom. The minimum Gasteiger partial charge on any atom is -0.341 e. The largest absolute Gasteiger partial charge is 0.341 e. The predicted octanol–water partition coefficient (Wildman–Crippen LogP) is 0.454. The molecule has 0 spiro atoms. The average molecular weight is 127 g/mol. The summed E-state index contributed by atoms with van der Waals surface area (Å²) in [6, 6.07) is 0. The SMILES string of the molecule is CC=NOc1conn1. The second-order valence-electron chi connectivity index (χ2n) is 1.20. The molecule has 0 aliphatic heterocycles. The molecule has 48 valence electrons. The van der Waals surface area contributed by atoms with E-state index in [0.29, 0.717) is 0 Å². The van der Waals surface area contributed by atoms with Crippen molar-refractivity contribution in [1.29, 1.82) is 0 Å². The third kappa shape index (κ3) is 1.52. The highest BCUT2D eigenvalue weighted by molar-refractivity contribution is 5.52. The Morgan fingerprint density at radius 1 is 1.89 bits per heavy atom. The molecule has 5 nitrogen and oxygen atoms in total. The van der Waals surface area contributed by atoms with Crippen LogP contribution in [0.25, 0.3) is 0 Å². The van der Waals surface area contributed by atoms with Crippen molar-refractivity contribution in [2.75, 3.05) is 0 Å². The number of nitrogens with zero attached hydrogens (tertiary/aromatic N) is 3. The van der Waals surface area contributed by atoms with E-state index in [-0.39, 0.29) is 5.88 Å². The van der Waals surface area contributed by atoms with Crippen molar-refractivity contribution in [3.8, 4) is 5.88 Å². The third-order valence-corrected chi connectivity index (χ3v) is 0.592. The van der Waals surface area contributed by atoms with Gasteiger partial charge >= 0.3 is 5.88 Å². The summed E-state index contributed by atoms with van der Waals surface area (Å²) >= 11 is 0. The van der Waals surface area contributed by atoms with Crippen molar-refractivity contribution in [3.05, 3.63) is 6.26 Å². The molecule has 0 saturated heterocycles. The summed E-state index contributed by atoms with van der Waals surface area (Å²) in [5.74, 6) is 0.258. The quantitative estimate of drug-likeness (QED) is 0.427. The van der Waals surface area contributed by atoms with Gasteiger partial charge in [-0.05, 0) is 6.92 Å². The summed E-state index contributed by atoms with van der Waals surface area (Å²) in [4.78, 5) is 4.60. The highest BCUT2D eigenvalue weighted by Crippen LogP contribution is 2.00. The fourth-order valence-corrected chi connectivity index (χ4v) is 0.303. The maximum atomic E-state index is 4.60. The zero-order valence-corrected chi connectivity index (χ0v) is 4.81. The van der Waals surface area contributed by atoms with E-state index in [1.807, 2.05) is 0 Å². The molecule has 9 heavy (non-hydrogen) atoms. The molecule has 0 amide bonds. The van der Waals surface area contributed by atoms with Crippen molar-refractivity contribution >= 4 is 6.21 Å². The second-order valence-corrected chi connectivity index (χ2v) is 1.20. The first kappa shape index (κ1) is 5.74. The van der Waals surface area contributed by atoms with E-state index >= 15 is 0 Å². The Hall–Kier alpha value is -1.39. The lowest BCUT2D eigenvalue weighted by Crippen LogP contribution is -1.81. The monoisotopic (exact) mass is 127 g/mol. The third-order valence-electron chi connectivity index (χ3n) is 0.592. The Morgan fingerprint density at radius 2 is 2.78 bits per heavy atom. The highest BCUT2D eigenvalue weighted by Gasteiger charge is 1.93. The summed E-state index contributed by atoms with van der Waals surface area (Å²) in [6.45, 7) is 1.73. The molecule has 0 saturated carbocycles. The predicted molar refractivity (Wildman–Crippen MR) is 29.1 cm³/mol. The number of hydrogen-bond donors (Lipinski definition) is 0. The van der Waals surface area contributed by atoms with Crippen molar-refractivity contribution in [3.63, 3.8) is 0 Å². The van der Waals surface area contributed by atoms with E-state index in [1.165, 1.54) is 12.5 Å². The Kier molecular flexibility index (Phi) is 1.79. The number of rotatable bonds is 2. The molecule has 0 aromatic carbocycles. The Bertz CT molecular complexity index is 182. The lowest BCUT2D eigenvalue weighted by atomic mass is 10.9. The highest BCUT2D eigenvalue weighted by atomic mass is 16.6. The van der Waals surface area contributed by atoms with Gasteiger partial charge in [-0.2, -0.15) is 0 Å². The van der Waals surface area contributed by atoms with Crippen LogP contribution in [0.2, 0.25) is 0 Å².